The molecule has 1 rings (SSSR count). The summed E-state index contributed by atoms with van der Waals surface area (Å²) in [7, 11) is 0. The summed E-state index contributed by atoms with van der Waals surface area (Å²) >= 11 is 1.39. The van der Waals surface area contributed by atoms with Crippen LogP contribution in [0.15, 0.2) is 24.3 Å². The zero-order chi connectivity index (χ0) is 14.3. The minimum absolute atomic E-state index is 0.0948. The number of nitriles is 1. The molecule has 0 fully saturated rings. The van der Waals surface area contributed by atoms with Crippen LogP contribution in [0.4, 0.5) is 0 Å². The number of ether oxygens (including phenoxy) is 1. The van der Waals surface area contributed by atoms with E-state index in [1.165, 1.54) is 11.8 Å². The molecule has 0 amide bonds. The fourth-order valence-corrected chi connectivity index (χ4v) is 2.47. The SMILES string of the molecule is CC(C)C(SCCOc1ccc(C#N)cc1)C(=O)O. The second-order valence-electron chi connectivity index (χ2n) is 4.36. The largest absolute Gasteiger partial charge is 0.493 e. The van der Waals surface area contributed by atoms with Crippen LogP contribution >= 0.6 is 11.8 Å². The zero-order valence-electron chi connectivity index (χ0n) is 11.0. The predicted molar refractivity (Wildman–Crippen MR) is 75.4 cm³/mol. The molecule has 1 N–H and O–H groups in total. The summed E-state index contributed by atoms with van der Waals surface area (Å²) in [6.45, 7) is 4.24. The monoisotopic (exact) mass is 279 g/mol. The third-order valence-corrected chi connectivity index (χ3v) is 3.99. The highest BCUT2D eigenvalue weighted by atomic mass is 32.2. The van der Waals surface area contributed by atoms with E-state index in [2.05, 4.69) is 0 Å². The fraction of sp³-hybridized carbons (Fsp3) is 0.429. The summed E-state index contributed by atoms with van der Waals surface area (Å²) < 4.78 is 5.49. The molecule has 19 heavy (non-hydrogen) atoms. The van der Waals surface area contributed by atoms with Gasteiger partial charge < -0.3 is 9.84 Å². The highest BCUT2D eigenvalue weighted by molar-refractivity contribution is 8.00. The minimum atomic E-state index is -0.779. The van der Waals surface area contributed by atoms with Crippen LogP contribution in [-0.4, -0.2) is 28.7 Å². The lowest BCUT2D eigenvalue weighted by atomic mass is 10.1. The van der Waals surface area contributed by atoms with Gasteiger partial charge in [-0.3, -0.25) is 4.79 Å². The molecule has 0 spiro atoms. The number of carboxylic acids is 1. The minimum Gasteiger partial charge on any atom is -0.493 e. The second kappa shape index (κ2) is 7.70. The lowest BCUT2D eigenvalue weighted by Crippen LogP contribution is -2.23. The Morgan fingerprint density at radius 2 is 2.05 bits per heavy atom. The molecule has 4 nitrogen and oxygen atoms in total. The highest BCUT2D eigenvalue weighted by Crippen LogP contribution is 2.20. The van der Waals surface area contributed by atoms with Crippen molar-refractivity contribution in [2.24, 2.45) is 5.92 Å². The molecule has 5 heteroatoms. The molecule has 0 heterocycles. The number of carboxylic acid groups (broad SMARTS) is 1. The number of carbonyl (C=O) groups is 1. The normalized spacial score (nSPS) is 11.9. The third-order valence-electron chi connectivity index (χ3n) is 2.48. The van der Waals surface area contributed by atoms with Crippen molar-refractivity contribution in [3.8, 4) is 11.8 Å². The van der Waals surface area contributed by atoms with Gasteiger partial charge in [-0.25, -0.2) is 0 Å². The first-order valence-corrected chi connectivity index (χ1v) is 7.07. The maximum atomic E-state index is 11.0. The summed E-state index contributed by atoms with van der Waals surface area (Å²) in [6, 6.07) is 8.89. The van der Waals surface area contributed by atoms with E-state index < -0.39 is 11.2 Å². The van der Waals surface area contributed by atoms with Crippen LogP contribution in [0.5, 0.6) is 5.75 Å². The Kier molecular flexibility index (Phi) is 6.23. The van der Waals surface area contributed by atoms with E-state index in [1.807, 2.05) is 19.9 Å². The van der Waals surface area contributed by atoms with Crippen molar-refractivity contribution in [2.45, 2.75) is 19.1 Å². The first kappa shape index (κ1) is 15.4. The molecule has 102 valence electrons. The second-order valence-corrected chi connectivity index (χ2v) is 5.61. The van der Waals surface area contributed by atoms with Crippen LogP contribution in [0.25, 0.3) is 0 Å². The fourth-order valence-electron chi connectivity index (χ4n) is 1.51. The van der Waals surface area contributed by atoms with E-state index in [1.54, 1.807) is 24.3 Å². The number of hydrogen-bond donors (Lipinski definition) is 1. The van der Waals surface area contributed by atoms with E-state index in [-0.39, 0.29) is 5.92 Å². The summed E-state index contributed by atoms with van der Waals surface area (Å²) in [6.07, 6.45) is 0. The molecule has 1 aromatic rings. The van der Waals surface area contributed by atoms with Gasteiger partial charge in [0.25, 0.3) is 0 Å². The van der Waals surface area contributed by atoms with Gasteiger partial charge in [0.05, 0.1) is 18.2 Å². The van der Waals surface area contributed by atoms with Gasteiger partial charge in [-0.1, -0.05) is 13.8 Å². The van der Waals surface area contributed by atoms with Gasteiger partial charge in [-0.2, -0.15) is 5.26 Å². The average Bonchev–Trinajstić information content (AvgIpc) is 2.38. The molecule has 0 aliphatic carbocycles. The number of benzene rings is 1. The van der Waals surface area contributed by atoms with Crippen molar-refractivity contribution in [3.05, 3.63) is 29.8 Å². The number of hydrogen-bond acceptors (Lipinski definition) is 4. The van der Waals surface area contributed by atoms with E-state index in [0.29, 0.717) is 23.7 Å². The molecule has 0 saturated heterocycles. The molecule has 0 bridgehead atoms. The van der Waals surface area contributed by atoms with Gasteiger partial charge in [-0.05, 0) is 30.2 Å². The Morgan fingerprint density at radius 3 is 2.53 bits per heavy atom. The summed E-state index contributed by atoms with van der Waals surface area (Å²) in [4.78, 5) is 11.0. The van der Waals surface area contributed by atoms with Gasteiger partial charge in [0.2, 0.25) is 0 Å². The van der Waals surface area contributed by atoms with E-state index in [0.717, 1.165) is 0 Å². The van der Waals surface area contributed by atoms with E-state index >= 15 is 0 Å². The number of rotatable bonds is 7. The molecule has 0 aliphatic heterocycles. The molecule has 0 aromatic heterocycles. The van der Waals surface area contributed by atoms with E-state index in [9.17, 15) is 4.79 Å². The van der Waals surface area contributed by atoms with Crippen molar-refractivity contribution in [3.63, 3.8) is 0 Å². The maximum absolute atomic E-state index is 11.0. The van der Waals surface area contributed by atoms with Gasteiger partial charge in [-0.15, -0.1) is 11.8 Å². The summed E-state index contributed by atoms with van der Waals surface area (Å²) in [5, 5.41) is 17.3. The molecule has 0 aliphatic rings. The van der Waals surface area contributed by atoms with Crippen molar-refractivity contribution in [1.82, 2.24) is 0 Å². The van der Waals surface area contributed by atoms with Crippen LogP contribution in [0.2, 0.25) is 0 Å². The summed E-state index contributed by atoms with van der Waals surface area (Å²) in [5.41, 5.74) is 0.590. The van der Waals surface area contributed by atoms with Crippen LogP contribution in [0, 0.1) is 17.2 Å². The predicted octanol–water partition coefficient (Wildman–Crippen LogP) is 2.78. The van der Waals surface area contributed by atoms with Crippen LogP contribution < -0.4 is 4.74 Å². The molecule has 0 saturated carbocycles. The maximum Gasteiger partial charge on any atom is 0.316 e. The number of thioether (sulfide) groups is 1. The topological polar surface area (TPSA) is 70.3 Å². The molecular formula is C14H17NO3S. The van der Waals surface area contributed by atoms with Crippen molar-refractivity contribution < 1.29 is 14.6 Å². The molecular weight excluding hydrogens is 262 g/mol. The lowest BCUT2D eigenvalue weighted by Gasteiger charge is -2.15. The van der Waals surface area contributed by atoms with Crippen molar-refractivity contribution >= 4 is 17.7 Å². The third kappa shape index (κ3) is 5.23. The van der Waals surface area contributed by atoms with Gasteiger partial charge in [0.1, 0.15) is 11.0 Å². The molecule has 1 unspecified atom stereocenters. The first-order chi connectivity index (χ1) is 9.04. The Labute approximate surface area is 117 Å². The Morgan fingerprint density at radius 1 is 1.42 bits per heavy atom. The van der Waals surface area contributed by atoms with Gasteiger partial charge >= 0.3 is 5.97 Å². The van der Waals surface area contributed by atoms with Crippen LogP contribution in [0.1, 0.15) is 19.4 Å². The molecule has 1 aromatic carbocycles. The van der Waals surface area contributed by atoms with Crippen molar-refractivity contribution in [1.29, 1.82) is 5.26 Å². The lowest BCUT2D eigenvalue weighted by molar-refractivity contribution is -0.137. The number of nitrogens with zero attached hydrogens (tertiary/aromatic N) is 1. The average molecular weight is 279 g/mol. The first-order valence-electron chi connectivity index (χ1n) is 6.02. The number of aliphatic carboxylic acids is 1. The van der Waals surface area contributed by atoms with Crippen LogP contribution in [-0.2, 0) is 4.79 Å². The quantitative estimate of drug-likeness (QED) is 0.777. The van der Waals surface area contributed by atoms with E-state index in [4.69, 9.17) is 15.1 Å². The van der Waals surface area contributed by atoms with Gasteiger partial charge in [0.15, 0.2) is 0 Å². The summed E-state index contributed by atoms with van der Waals surface area (Å²) in [5.74, 6) is 0.626. The Balaban J connectivity index is 2.34. The zero-order valence-corrected chi connectivity index (χ0v) is 11.8. The van der Waals surface area contributed by atoms with Gasteiger partial charge in [0, 0.05) is 5.75 Å². The standard InChI is InChI=1S/C14H17NO3S/c1-10(2)13(14(16)17)19-8-7-18-12-5-3-11(9-15)4-6-12/h3-6,10,13H,7-8H2,1-2H3,(H,16,17). The highest BCUT2D eigenvalue weighted by Gasteiger charge is 2.21. The molecule has 1 atom stereocenters. The Hall–Kier alpha value is -1.67. The Bertz CT molecular complexity index is 451. The molecule has 0 radical (unpaired) electrons. The van der Waals surface area contributed by atoms with Crippen LogP contribution in [0.3, 0.4) is 0 Å². The smallest absolute Gasteiger partial charge is 0.316 e. The van der Waals surface area contributed by atoms with Crippen molar-refractivity contribution in [2.75, 3.05) is 12.4 Å².